The lowest BCUT2D eigenvalue weighted by atomic mass is 10.1. The first-order valence-electron chi connectivity index (χ1n) is 32.0. The standard InChI is InChI=1S/C71H118O6/c1-4-7-10-13-16-19-22-25-28-31-33-35-37-40-43-46-49-52-55-58-61-64-70(73)76-67-68(66-75-69(72)63-60-57-54-51-48-45-42-39-30-27-24-21-18-15-12-9-6-3)77-71(74)65-62-59-56-53-50-47-44-41-38-36-34-32-29-26-23-20-17-14-11-8-5-2/h7,9-10,12,16,18-19,21,23,25-28,30,32-35,38,41,68H,4-6,8,11,13-15,17,20,22,24,29,31,36-37,39-40,42-67H2,1-3H3/b10-7-,12-9-,19-16-,21-18-,26-23-,28-25-,30-27-,34-32-,35-33-,41-38-. The third-order valence-corrected chi connectivity index (χ3v) is 13.4. The first-order valence-corrected chi connectivity index (χ1v) is 32.0. The number of esters is 3. The topological polar surface area (TPSA) is 78.9 Å². The lowest BCUT2D eigenvalue weighted by molar-refractivity contribution is -0.167. The Labute approximate surface area is 475 Å². The van der Waals surface area contributed by atoms with Crippen LogP contribution in [0.5, 0.6) is 0 Å². The molecule has 0 rings (SSSR count). The highest BCUT2D eigenvalue weighted by Crippen LogP contribution is 2.15. The molecule has 0 aromatic rings. The maximum atomic E-state index is 12.9. The first-order chi connectivity index (χ1) is 38.0. The highest BCUT2D eigenvalue weighted by Gasteiger charge is 2.19. The second kappa shape index (κ2) is 64.3. The minimum atomic E-state index is -0.798. The number of carbonyl (C=O) groups excluding carboxylic acids is 3. The van der Waals surface area contributed by atoms with Crippen molar-refractivity contribution in [3.8, 4) is 0 Å². The van der Waals surface area contributed by atoms with Crippen molar-refractivity contribution in [1.29, 1.82) is 0 Å². The normalized spacial score (nSPS) is 12.9. The van der Waals surface area contributed by atoms with Gasteiger partial charge in [-0.25, -0.2) is 0 Å². The van der Waals surface area contributed by atoms with Crippen LogP contribution in [0.4, 0.5) is 0 Å². The largest absolute Gasteiger partial charge is 0.462 e. The van der Waals surface area contributed by atoms with Crippen molar-refractivity contribution in [2.24, 2.45) is 0 Å². The van der Waals surface area contributed by atoms with Crippen LogP contribution >= 0.6 is 0 Å². The van der Waals surface area contributed by atoms with Crippen LogP contribution < -0.4 is 0 Å². The van der Waals surface area contributed by atoms with Crippen LogP contribution in [0.3, 0.4) is 0 Å². The smallest absolute Gasteiger partial charge is 0.306 e. The molecule has 6 heteroatoms. The number of hydrogen-bond acceptors (Lipinski definition) is 6. The van der Waals surface area contributed by atoms with Crippen LogP contribution in [0.1, 0.15) is 290 Å². The maximum absolute atomic E-state index is 12.9. The summed E-state index contributed by atoms with van der Waals surface area (Å²) in [6, 6.07) is 0. The van der Waals surface area contributed by atoms with Crippen LogP contribution in [-0.4, -0.2) is 37.2 Å². The maximum Gasteiger partial charge on any atom is 0.306 e. The van der Waals surface area contributed by atoms with Gasteiger partial charge in [0.2, 0.25) is 0 Å². The van der Waals surface area contributed by atoms with E-state index in [0.29, 0.717) is 19.3 Å². The zero-order chi connectivity index (χ0) is 55.7. The zero-order valence-corrected chi connectivity index (χ0v) is 50.2. The third-order valence-electron chi connectivity index (χ3n) is 13.4. The van der Waals surface area contributed by atoms with Gasteiger partial charge >= 0.3 is 17.9 Å². The van der Waals surface area contributed by atoms with E-state index in [0.717, 1.165) is 141 Å². The highest BCUT2D eigenvalue weighted by atomic mass is 16.6. The summed E-state index contributed by atoms with van der Waals surface area (Å²) in [6.07, 6.45) is 89.1. The molecule has 0 fully saturated rings. The summed E-state index contributed by atoms with van der Waals surface area (Å²) in [5, 5.41) is 0. The molecule has 0 aliphatic rings. The number of allylic oxidation sites excluding steroid dienone is 20. The fourth-order valence-corrected chi connectivity index (χ4v) is 8.69. The number of ether oxygens (including phenoxy) is 3. The molecule has 0 spiro atoms. The van der Waals surface area contributed by atoms with Crippen molar-refractivity contribution in [3.63, 3.8) is 0 Å². The van der Waals surface area contributed by atoms with Gasteiger partial charge in [-0.15, -0.1) is 0 Å². The lowest BCUT2D eigenvalue weighted by Crippen LogP contribution is -2.30. The number of unbranched alkanes of at least 4 members (excludes halogenated alkanes) is 26. The molecule has 438 valence electrons. The summed E-state index contributed by atoms with van der Waals surface area (Å²) in [5.41, 5.74) is 0. The van der Waals surface area contributed by atoms with Crippen LogP contribution in [0.15, 0.2) is 122 Å². The zero-order valence-electron chi connectivity index (χ0n) is 50.2. The molecule has 6 nitrogen and oxygen atoms in total. The second-order valence-corrected chi connectivity index (χ2v) is 20.9. The van der Waals surface area contributed by atoms with Crippen molar-refractivity contribution in [1.82, 2.24) is 0 Å². The van der Waals surface area contributed by atoms with E-state index in [1.54, 1.807) is 0 Å². The molecule has 0 aromatic heterocycles. The van der Waals surface area contributed by atoms with Gasteiger partial charge in [-0.05, 0) is 128 Å². The summed E-state index contributed by atoms with van der Waals surface area (Å²) in [5.74, 6) is -0.918. The molecule has 0 aliphatic heterocycles. The second-order valence-electron chi connectivity index (χ2n) is 20.9. The number of carbonyl (C=O) groups is 3. The van der Waals surface area contributed by atoms with E-state index in [1.165, 1.54) is 109 Å². The van der Waals surface area contributed by atoms with Gasteiger partial charge in [-0.1, -0.05) is 264 Å². The van der Waals surface area contributed by atoms with Crippen LogP contribution in [0, 0.1) is 0 Å². The molecule has 0 heterocycles. The quantitative estimate of drug-likeness (QED) is 0.0261. The van der Waals surface area contributed by atoms with E-state index in [9.17, 15) is 14.4 Å². The summed E-state index contributed by atoms with van der Waals surface area (Å²) >= 11 is 0. The van der Waals surface area contributed by atoms with Gasteiger partial charge in [0.25, 0.3) is 0 Å². The number of rotatable bonds is 57. The van der Waals surface area contributed by atoms with Crippen molar-refractivity contribution in [2.75, 3.05) is 13.2 Å². The monoisotopic (exact) mass is 1070 g/mol. The van der Waals surface area contributed by atoms with E-state index < -0.39 is 6.10 Å². The SMILES string of the molecule is CC/C=C\C/C=C\C/C=C\C/C=C\CCCCCCCCCCC(=O)OCC(COC(=O)CCCCCCCCC/C=C\C/C=C\C/C=C\CC)OC(=O)CCCCCCCC/C=C\C/C=C\C/C=C\CCCCCCC. The molecule has 0 saturated heterocycles. The minimum Gasteiger partial charge on any atom is -0.462 e. The fraction of sp³-hybridized carbons (Fsp3) is 0.676. The van der Waals surface area contributed by atoms with Crippen molar-refractivity contribution in [3.05, 3.63) is 122 Å². The predicted octanol–water partition coefficient (Wildman–Crippen LogP) is 22.0. The lowest BCUT2D eigenvalue weighted by Gasteiger charge is -2.18. The van der Waals surface area contributed by atoms with Crippen LogP contribution in [-0.2, 0) is 28.6 Å². The van der Waals surface area contributed by atoms with Gasteiger partial charge in [0.15, 0.2) is 6.10 Å². The Morgan fingerprint density at radius 2 is 0.506 bits per heavy atom. The molecule has 0 amide bonds. The first kappa shape index (κ1) is 72.8. The molecule has 0 aliphatic carbocycles. The molecule has 0 saturated carbocycles. The Balaban J connectivity index is 4.45. The van der Waals surface area contributed by atoms with Gasteiger partial charge in [0.05, 0.1) is 0 Å². The van der Waals surface area contributed by atoms with E-state index in [1.807, 2.05) is 0 Å². The van der Waals surface area contributed by atoms with E-state index in [2.05, 4.69) is 142 Å². The number of hydrogen-bond donors (Lipinski definition) is 0. The Hall–Kier alpha value is -4.19. The Morgan fingerprint density at radius 1 is 0.273 bits per heavy atom. The molecule has 0 N–H and O–H groups in total. The van der Waals surface area contributed by atoms with Crippen molar-refractivity contribution in [2.45, 2.75) is 297 Å². The molecular formula is C71H118O6. The van der Waals surface area contributed by atoms with E-state index in [4.69, 9.17) is 14.2 Å². The molecule has 77 heavy (non-hydrogen) atoms. The van der Waals surface area contributed by atoms with Crippen molar-refractivity contribution >= 4 is 17.9 Å². The molecule has 0 bridgehead atoms. The van der Waals surface area contributed by atoms with Crippen LogP contribution in [0.2, 0.25) is 0 Å². The average Bonchev–Trinajstić information content (AvgIpc) is 3.43. The van der Waals surface area contributed by atoms with Gasteiger partial charge in [-0.3, -0.25) is 14.4 Å². The van der Waals surface area contributed by atoms with E-state index >= 15 is 0 Å². The molecular weight excluding hydrogens is 949 g/mol. The average molecular weight is 1070 g/mol. The summed E-state index contributed by atoms with van der Waals surface area (Å²) in [4.78, 5) is 38.4. The van der Waals surface area contributed by atoms with Gasteiger partial charge in [0.1, 0.15) is 13.2 Å². The van der Waals surface area contributed by atoms with Gasteiger partial charge in [-0.2, -0.15) is 0 Å². The molecule has 0 radical (unpaired) electrons. The summed E-state index contributed by atoms with van der Waals surface area (Å²) < 4.78 is 16.9. The Morgan fingerprint density at radius 3 is 0.792 bits per heavy atom. The Kier molecular flexibility index (Phi) is 60.8. The van der Waals surface area contributed by atoms with Gasteiger partial charge < -0.3 is 14.2 Å². The molecule has 1 unspecified atom stereocenters. The van der Waals surface area contributed by atoms with Gasteiger partial charge in [0, 0.05) is 19.3 Å². The minimum absolute atomic E-state index is 0.0933. The van der Waals surface area contributed by atoms with Crippen LogP contribution in [0.25, 0.3) is 0 Å². The van der Waals surface area contributed by atoms with E-state index in [-0.39, 0.29) is 31.1 Å². The predicted molar refractivity (Wildman–Crippen MR) is 334 cm³/mol. The fourth-order valence-electron chi connectivity index (χ4n) is 8.69. The van der Waals surface area contributed by atoms with Crippen molar-refractivity contribution < 1.29 is 28.6 Å². The Bertz CT molecular complexity index is 1600. The molecule has 0 aromatic carbocycles. The summed E-state index contributed by atoms with van der Waals surface area (Å²) in [7, 11) is 0. The molecule has 1 atom stereocenters. The third kappa shape index (κ3) is 62.5. The highest BCUT2D eigenvalue weighted by molar-refractivity contribution is 5.71. The summed E-state index contributed by atoms with van der Waals surface area (Å²) in [6.45, 7) is 6.40.